The molecule has 3 aromatic carbocycles. The molecule has 4 nitrogen and oxygen atoms in total. The second-order valence-electron chi connectivity index (χ2n) is 6.69. The molecule has 0 atom stereocenters. The van der Waals surface area contributed by atoms with Gasteiger partial charge in [-0.05, 0) is 79.9 Å². The minimum absolute atomic E-state index is 0.800. The summed E-state index contributed by atoms with van der Waals surface area (Å²) in [5, 5.41) is 4.40. The lowest BCUT2D eigenvalue weighted by Gasteiger charge is -2.12. The van der Waals surface area contributed by atoms with Crippen LogP contribution in [-0.2, 0) is 0 Å². The molecule has 1 N–H and O–H groups in total. The van der Waals surface area contributed by atoms with Crippen molar-refractivity contribution in [1.82, 2.24) is 9.97 Å². The number of anilines is 2. The van der Waals surface area contributed by atoms with Crippen molar-refractivity contribution in [2.24, 2.45) is 0 Å². The Balaban J connectivity index is 1.58. The van der Waals surface area contributed by atoms with E-state index in [0.717, 1.165) is 39.5 Å². The minimum atomic E-state index is 0.800. The quantitative estimate of drug-likeness (QED) is 0.481. The van der Waals surface area contributed by atoms with Crippen LogP contribution in [0.15, 0.2) is 67.0 Å². The number of para-hydroxylation sites is 1. The Morgan fingerprint density at radius 1 is 0.778 bits per heavy atom. The molecule has 1 aromatic heterocycles. The van der Waals surface area contributed by atoms with Crippen LogP contribution in [0.2, 0.25) is 0 Å². The third-order valence-corrected chi connectivity index (χ3v) is 4.69. The van der Waals surface area contributed by atoms with Gasteiger partial charge in [0, 0.05) is 11.1 Å². The van der Waals surface area contributed by atoms with E-state index in [1.807, 2.05) is 55.5 Å². The van der Waals surface area contributed by atoms with Crippen LogP contribution in [0.25, 0.3) is 10.9 Å². The van der Waals surface area contributed by atoms with E-state index >= 15 is 0 Å². The SMILES string of the molecule is Cc1cc2ncnc(Nc3ccc(Oc4ccccc4C)cc3)c2cc1C. The minimum Gasteiger partial charge on any atom is -0.457 e. The van der Waals surface area contributed by atoms with Gasteiger partial charge in [0.25, 0.3) is 0 Å². The van der Waals surface area contributed by atoms with Crippen LogP contribution in [0.3, 0.4) is 0 Å². The molecule has 0 radical (unpaired) electrons. The van der Waals surface area contributed by atoms with E-state index in [1.165, 1.54) is 11.1 Å². The molecule has 0 aliphatic heterocycles. The largest absolute Gasteiger partial charge is 0.457 e. The van der Waals surface area contributed by atoms with Crippen LogP contribution in [0, 0.1) is 20.8 Å². The van der Waals surface area contributed by atoms with Crippen molar-refractivity contribution in [1.29, 1.82) is 0 Å². The molecular weight excluding hydrogens is 334 g/mol. The van der Waals surface area contributed by atoms with Gasteiger partial charge in [-0.25, -0.2) is 9.97 Å². The Morgan fingerprint density at radius 2 is 1.52 bits per heavy atom. The smallest absolute Gasteiger partial charge is 0.141 e. The summed E-state index contributed by atoms with van der Waals surface area (Å²) in [6.45, 7) is 6.23. The third-order valence-electron chi connectivity index (χ3n) is 4.69. The summed E-state index contributed by atoms with van der Waals surface area (Å²) in [5.74, 6) is 2.47. The topological polar surface area (TPSA) is 47.0 Å². The highest BCUT2D eigenvalue weighted by Crippen LogP contribution is 2.28. The van der Waals surface area contributed by atoms with Gasteiger partial charge in [-0.2, -0.15) is 0 Å². The van der Waals surface area contributed by atoms with E-state index in [9.17, 15) is 0 Å². The number of nitrogens with zero attached hydrogens (tertiary/aromatic N) is 2. The van der Waals surface area contributed by atoms with Gasteiger partial charge in [0.15, 0.2) is 0 Å². The number of aromatic nitrogens is 2. The molecule has 4 heteroatoms. The van der Waals surface area contributed by atoms with Crippen molar-refractivity contribution < 1.29 is 4.74 Å². The van der Waals surface area contributed by atoms with Crippen LogP contribution < -0.4 is 10.1 Å². The maximum Gasteiger partial charge on any atom is 0.141 e. The van der Waals surface area contributed by atoms with Crippen molar-refractivity contribution in [3.8, 4) is 11.5 Å². The average Bonchev–Trinajstić information content (AvgIpc) is 2.67. The lowest BCUT2D eigenvalue weighted by molar-refractivity contribution is 0.479. The van der Waals surface area contributed by atoms with Gasteiger partial charge in [0.2, 0.25) is 0 Å². The molecule has 0 aliphatic carbocycles. The van der Waals surface area contributed by atoms with Crippen LogP contribution in [0.4, 0.5) is 11.5 Å². The number of nitrogens with one attached hydrogen (secondary N) is 1. The van der Waals surface area contributed by atoms with Crippen molar-refractivity contribution in [2.45, 2.75) is 20.8 Å². The highest BCUT2D eigenvalue weighted by molar-refractivity contribution is 5.91. The molecule has 0 aliphatic rings. The summed E-state index contributed by atoms with van der Waals surface area (Å²) in [4.78, 5) is 8.80. The van der Waals surface area contributed by atoms with Crippen molar-refractivity contribution in [3.63, 3.8) is 0 Å². The average molecular weight is 355 g/mol. The van der Waals surface area contributed by atoms with E-state index < -0.39 is 0 Å². The Labute approximate surface area is 158 Å². The van der Waals surface area contributed by atoms with Gasteiger partial charge in [-0.1, -0.05) is 18.2 Å². The van der Waals surface area contributed by atoms with Gasteiger partial charge < -0.3 is 10.1 Å². The Kier molecular flexibility index (Phi) is 4.47. The third kappa shape index (κ3) is 3.60. The Hall–Kier alpha value is -3.40. The first-order valence-corrected chi connectivity index (χ1v) is 8.93. The predicted octanol–water partition coefficient (Wildman–Crippen LogP) is 6.09. The van der Waals surface area contributed by atoms with Gasteiger partial charge in [0.05, 0.1) is 5.52 Å². The van der Waals surface area contributed by atoms with E-state index in [4.69, 9.17) is 4.74 Å². The first-order valence-electron chi connectivity index (χ1n) is 8.93. The van der Waals surface area contributed by atoms with Crippen molar-refractivity contribution >= 4 is 22.4 Å². The fourth-order valence-electron chi connectivity index (χ4n) is 2.96. The molecule has 27 heavy (non-hydrogen) atoms. The molecule has 134 valence electrons. The normalized spacial score (nSPS) is 10.8. The zero-order chi connectivity index (χ0) is 18.8. The molecule has 4 rings (SSSR count). The van der Waals surface area contributed by atoms with E-state index in [1.54, 1.807) is 6.33 Å². The van der Waals surface area contributed by atoms with E-state index in [0.29, 0.717) is 0 Å². The van der Waals surface area contributed by atoms with Crippen molar-refractivity contribution in [2.75, 3.05) is 5.32 Å². The van der Waals surface area contributed by atoms with Crippen molar-refractivity contribution in [3.05, 3.63) is 83.7 Å². The summed E-state index contributed by atoms with van der Waals surface area (Å²) < 4.78 is 5.96. The Bertz CT molecular complexity index is 1100. The molecule has 4 aromatic rings. The standard InChI is InChI=1S/C23H21N3O/c1-15-6-4-5-7-22(15)27-19-10-8-18(9-11-19)26-23-20-12-16(2)17(3)13-21(20)24-14-25-23/h4-14H,1-3H3,(H,24,25,26). The molecule has 0 fully saturated rings. The number of rotatable bonds is 4. The summed E-state index contributed by atoms with van der Waals surface area (Å²) in [7, 11) is 0. The van der Waals surface area contributed by atoms with Crippen LogP contribution in [-0.4, -0.2) is 9.97 Å². The molecule has 1 heterocycles. The highest BCUT2D eigenvalue weighted by Gasteiger charge is 2.07. The predicted molar refractivity (Wildman–Crippen MR) is 110 cm³/mol. The second-order valence-corrected chi connectivity index (χ2v) is 6.69. The number of hydrogen-bond acceptors (Lipinski definition) is 4. The van der Waals surface area contributed by atoms with E-state index in [-0.39, 0.29) is 0 Å². The fraction of sp³-hybridized carbons (Fsp3) is 0.130. The number of fused-ring (bicyclic) bond motifs is 1. The molecule has 0 spiro atoms. The summed E-state index contributed by atoms with van der Waals surface area (Å²) in [5.41, 5.74) is 5.45. The molecule has 0 saturated heterocycles. The summed E-state index contributed by atoms with van der Waals surface area (Å²) >= 11 is 0. The maximum absolute atomic E-state index is 5.96. The Morgan fingerprint density at radius 3 is 2.30 bits per heavy atom. The van der Waals surface area contributed by atoms with Gasteiger partial charge in [-0.15, -0.1) is 0 Å². The zero-order valence-electron chi connectivity index (χ0n) is 15.7. The summed E-state index contributed by atoms with van der Waals surface area (Å²) in [6, 6.07) is 20.1. The van der Waals surface area contributed by atoms with Crippen LogP contribution in [0.5, 0.6) is 11.5 Å². The number of hydrogen-bond donors (Lipinski definition) is 1. The van der Waals surface area contributed by atoms with Gasteiger partial charge >= 0.3 is 0 Å². The number of ether oxygens (including phenoxy) is 1. The van der Waals surface area contributed by atoms with Gasteiger partial charge in [0.1, 0.15) is 23.6 Å². The monoisotopic (exact) mass is 355 g/mol. The van der Waals surface area contributed by atoms with Crippen LogP contribution >= 0.6 is 0 Å². The zero-order valence-corrected chi connectivity index (χ0v) is 15.7. The summed E-state index contributed by atoms with van der Waals surface area (Å²) in [6.07, 6.45) is 1.59. The lowest BCUT2D eigenvalue weighted by atomic mass is 10.1. The fourth-order valence-corrected chi connectivity index (χ4v) is 2.96. The first-order chi connectivity index (χ1) is 13.1. The van der Waals surface area contributed by atoms with Crippen LogP contribution in [0.1, 0.15) is 16.7 Å². The molecular formula is C23H21N3O. The maximum atomic E-state index is 5.96. The first kappa shape index (κ1) is 17.0. The number of benzene rings is 3. The molecule has 0 bridgehead atoms. The van der Waals surface area contributed by atoms with Gasteiger partial charge in [-0.3, -0.25) is 0 Å². The molecule has 0 amide bonds. The lowest BCUT2D eigenvalue weighted by Crippen LogP contribution is -1.97. The molecule has 0 saturated carbocycles. The number of aryl methyl sites for hydroxylation is 3. The second kappa shape index (κ2) is 7.08. The highest BCUT2D eigenvalue weighted by atomic mass is 16.5. The molecule has 0 unspecified atom stereocenters. The van der Waals surface area contributed by atoms with E-state index in [2.05, 4.69) is 41.3 Å².